The monoisotopic (exact) mass is 338 g/mol. The molecule has 1 aromatic carbocycles. The van der Waals surface area contributed by atoms with Gasteiger partial charge in [-0.3, -0.25) is 4.98 Å². The van der Waals surface area contributed by atoms with Crippen molar-refractivity contribution < 1.29 is 17.9 Å². The van der Waals surface area contributed by atoms with Crippen LogP contribution in [-0.4, -0.2) is 17.3 Å². The van der Waals surface area contributed by atoms with Crippen LogP contribution >= 0.6 is 0 Å². The summed E-state index contributed by atoms with van der Waals surface area (Å²) in [6.07, 6.45) is -4.78. The largest absolute Gasteiger partial charge is 0.573 e. The van der Waals surface area contributed by atoms with E-state index < -0.39 is 6.36 Å². The Morgan fingerprint density at radius 1 is 1.21 bits per heavy atom. The number of alkyl halides is 3. The van der Waals surface area contributed by atoms with Gasteiger partial charge in [0.15, 0.2) is 11.7 Å². The number of hydrogen-bond donors (Lipinski definition) is 2. The van der Waals surface area contributed by atoms with Crippen molar-refractivity contribution in [1.82, 2.24) is 4.98 Å². The summed E-state index contributed by atoms with van der Waals surface area (Å²) in [5, 5.41) is 2.60. The van der Waals surface area contributed by atoms with Crippen LogP contribution in [0.2, 0.25) is 0 Å². The zero-order valence-corrected chi connectivity index (χ0v) is 13.2. The molecule has 128 valence electrons. The van der Waals surface area contributed by atoms with Crippen molar-refractivity contribution >= 4 is 11.6 Å². The van der Waals surface area contributed by atoms with E-state index in [2.05, 4.69) is 20.0 Å². The third-order valence-corrected chi connectivity index (χ3v) is 3.19. The number of nitrogens with one attached hydrogen (secondary N) is 1. The van der Waals surface area contributed by atoms with E-state index in [1.54, 1.807) is 6.07 Å². The molecule has 2 rings (SSSR count). The molecule has 0 unspecified atom stereocenters. The molecule has 0 radical (unpaired) electrons. The first-order chi connectivity index (χ1) is 11.2. The number of benzene rings is 1. The number of nitrogens with two attached hydrogens (primary N) is 1. The smallest absolute Gasteiger partial charge is 0.404 e. The summed E-state index contributed by atoms with van der Waals surface area (Å²) in [4.78, 5) is 8.44. The van der Waals surface area contributed by atoms with Crippen molar-refractivity contribution in [2.75, 3.05) is 5.32 Å². The van der Waals surface area contributed by atoms with Gasteiger partial charge in [-0.15, -0.1) is 13.2 Å². The fraction of sp³-hybridized carbons (Fsp3) is 0.250. The molecule has 3 N–H and O–H groups in total. The highest BCUT2D eigenvalue weighted by atomic mass is 19.4. The maximum atomic E-state index is 12.4. The Morgan fingerprint density at radius 3 is 2.58 bits per heavy atom. The van der Waals surface area contributed by atoms with Gasteiger partial charge in [-0.2, -0.15) is 0 Å². The van der Waals surface area contributed by atoms with Gasteiger partial charge in [-0.05, 0) is 37.6 Å². The standard InChI is InChI=1S/C16H17F3N4O/c1-10-7-8-12(22-11(10)2)9-21-15(20)23-13-5-3-4-6-14(13)24-16(17,18)19/h3-8H,9H2,1-2H3,(H3,20,21,23). The number of ether oxygens (including phenoxy) is 1. The maximum Gasteiger partial charge on any atom is 0.573 e. The Kier molecular flexibility index (Phi) is 5.28. The molecule has 0 fully saturated rings. The van der Waals surface area contributed by atoms with Crippen LogP contribution in [-0.2, 0) is 6.54 Å². The van der Waals surface area contributed by atoms with Crippen LogP contribution in [0.5, 0.6) is 5.75 Å². The van der Waals surface area contributed by atoms with E-state index in [0.717, 1.165) is 11.3 Å². The first-order valence-corrected chi connectivity index (χ1v) is 7.09. The molecule has 0 aliphatic heterocycles. The van der Waals surface area contributed by atoms with Gasteiger partial charge in [-0.25, -0.2) is 4.99 Å². The Labute approximate surface area is 137 Å². The van der Waals surface area contributed by atoms with Crippen molar-refractivity contribution in [1.29, 1.82) is 0 Å². The molecule has 2 aromatic rings. The molecule has 0 aliphatic carbocycles. The summed E-state index contributed by atoms with van der Waals surface area (Å²) in [5.74, 6) is -0.416. The van der Waals surface area contributed by atoms with Crippen LogP contribution in [0.4, 0.5) is 18.9 Å². The topological polar surface area (TPSA) is 72.5 Å². The quantitative estimate of drug-likeness (QED) is 0.661. The Morgan fingerprint density at radius 2 is 1.92 bits per heavy atom. The van der Waals surface area contributed by atoms with Gasteiger partial charge < -0.3 is 15.8 Å². The molecule has 1 heterocycles. The molecule has 0 atom stereocenters. The van der Waals surface area contributed by atoms with Crippen molar-refractivity contribution in [3.63, 3.8) is 0 Å². The second-order valence-electron chi connectivity index (χ2n) is 5.08. The van der Waals surface area contributed by atoms with Gasteiger partial charge in [0.05, 0.1) is 17.9 Å². The Hall–Kier alpha value is -2.77. The number of nitrogens with zero attached hydrogens (tertiary/aromatic N) is 2. The van der Waals surface area contributed by atoms with Gasteiger partial charge in [0.1, 0.15) is 0 Å². The van der Waals surface area contributed by atoms with Gasteiger partial charge in [0, 0.05) is 5.69 Å². The van der Waals surface area contributed by atoms with E-state index in [-0.39, 0.29) is 23.9 Å². The summed E-state index contributed by atoms with van der Waals surface area (Å²) in [5.41, 5.74) is 8.46. The number of guanidine groups is 1. The molecule has 0 bridgehead atoms. The first kappa shape index (κ1) is 17.6. The molecule has 0 aliphatic rings. The predicted molar refractivity (Wildman–Crippen MR) is 85.8 cm³/mol. The summed E-state index contributed by atoms with van der Waals surface area (Å²) >= 11 is 0. The minimum atomic E-state index is -4.78. The molecule has 0 saturated carbocycles. The average molecular weight is 338 g/mol. The predicted octanol–water partition coefficient (Wildman–Crippen LogP) is 3.52. The number of halogens is 3. The van der Waals surface area contributed by atoms with Gasteiger partial charge in [0.25, 0.3) is 0 Å². The third kappa shape index (κ3) is 5.15. The Bertz CT molecular complexity index is 744. The van der Waals surface area contributed by atoms with Gasteiger partial charge in [0.2, 0.25) is 0 Å². The fourth-order valence-corrected chi connectivity index (χ4v) is 1.90. The minimum Gasteiger partial charge on any atom is -0.404 e. The summed E-state index contributed by atoms with van der Waals surface area (Å²) in [7, 11) is 0. The normalized spacial score (nSPS) is 12.1. The molecule has 8 heteroatoms. The second-order valence-corrected chi connectivity index (χ2v) is 5.08. The number of para-hydroxylation sites is 2. The first-order valence-electron chi connectivity index (χ1n) is 7.09. The number of aromatic nitrogens is 1. The number of pyridine rings is 1. The molecular formula is C16H17F3N4O. The zero-order chi connectivity index (χ0) is 17.7. The van der Waals surface area contributed by atoms with Gasteiger partial charge >= 0.3 is 6.36 Å². The number of anilines is 1. The summed E-state index contributed by atoms with van der Waals surface area (Å²) < 4.78 is 41.1. The minimum absolute atomic E-state index is 0.0340. The van der Waals surface area contributed by atoms with Crippen molar-refractivity contribution in [3.05, 3.63) is 53.3 Å². The molecule has 0 saturated heterocycles. The van der Waals surface area contributed by atoms with Crippen LogP contribution in [0.3, 0.4) is 0 Å². The van der Waals surface area contributed by atoms with E-state index in [9.17, 15) is 13.2 Å². The third-order valence-electron chi connectivity index (χ3n) is 3.19. The van der Waals surface area contributed by atoms with E-state index in [1.807, 2.05) is 26.0 Å². The molecule has 24 heavy (non-hydrogen) atoms. The second kappa shape index (κ2) is 7.20. The van der Waals surface area contributed by atoms with Crippen molar-refractivity contribution in [2.24, 2.45) is 10.7 Å². The lowest BCUT2D eigenvalue weighted by Crippen LogP contribution is -2.24. The lowest BCUT2D eigenvalue weighted by atomic mass is 10.2. The maximum absolute atomic E-state index is 12.4. The number of hydrogen-bond acceptors (Lipinski definition) is 3. The number of aryl methyl sites for hydroxylation is 2. The van der Waals surface area contributed by atoms with Crippen LogP contribution < -0.4 is 15.8 Å². The van der Waals surface area contributed by atoms with Crippen molar-refractivity contribution in [3.8, 4) is 5.75 Å². The van der Waals surface area contributed by atoms with E-state index >= 15 is 0 Å². The highest BCUT2D eigenvalue weighted by Crippen LogP contribution is 2.29. The lowest BCUT2D eigenvalue weighted by Gasteiger charge is -2.14. The lowest BCUT2D eigenvalue weighted by molar-refractivity contribution is -0.274. The highest BCUT2D eigenvalue weighted by Gasteiger charge is 2.32. The summed E-state index contributed by atoms with van der Waals surface area (Å²) in [6.45, 7) is 4.04. The van der Waals surface area contributed by atoms with E-state index in [0.29, 0.717) is 5.69 Å². The molecular weight excluding hydrogens is 321 g/mol. The van der Waals surface area contributed by atoms with Crippen LogP contribution in [0.1, 0.15) is 17.0 Å². The van der Waals surface area contributed by atoms with Crippen LogP contribution in [0.15, 0.2) is 41.4 Å². The van der Waals surface area contributed by atoms with Gasteiger partial charge in [-0.1, -0.05) is 18.2 Å². The average Bonchev–Trinajstić information content (AvgIpc) is 2.49. The van der Waals surface area contributed by atoms with Crippen molar-refractivity contribution in [2.45, 2.75) is 26.8 Å². The van der Waals surface area contributed by atoms with Crippen LogP contribution in [0.25, 0.3) is 0 Å². The zero-order valence-electron chi connectivity index (χ0n) is 13.2. The van der Waals surface area contributed by atoms with Crippen LogP contribution in [0, 0.1) is 13.8 Å². The number of rotatable bonds is 4. The summed E-state index contributed by atoms with van der Waals surface area (Å²) in [6, 6.07) is 9.33. The molecule has 0 amide bonds. The molecule has 0 spiro atoms. The fourth-order valence-electron chi connectivity index (χ4n) is 1.90. The van der Waals surface area contributed by atoms with E-state index in [1.165, 1.54) is 18.2 Å². The van der Waals surface area contributed by atoms with E-state index in [4.69, 9.17) is 5.73 Å². The SMILES string of the molecule is Cc1ccc(CN=C(N)Nc2ccccc2OC(F)(F)F)nc1C. The number of aliphatic imine (C=N–C) groups is 1. The molecule has 5 nitrogen and oxygen atoms in total. The Balaban J connectivity index is 2.08. The highest BCUT2D eigenvalue weighted by molar-refractivity contribution is 5.93. The molecule has 1 aromatic heterocycles.